The number of fused-ring (bicyclic) bond motifs is 1. The Morgan fingerprint density at radius 3 is 2.55 bits per heavy atom. The Labute approximate surface area is 167 Å². The third-order valence-corrected chi connectivity index (χ3v) is 5.23. The minimum Gasteiger partial charge on any atom is -0.317 e. The van der Waals surface area contributed by atoms with Gasteiger partial charge in [-0.25, -0.2) is 9.78 Å². The molecule has 1 aliphatic heterocycles. The number of aromatic amines is 1. The van der Waals surface area contributed by atoms with Crippen molar-refractivity contribution >= 4 is 17.1 Å². The molecule has 1 atom stereocenters. The minimum absolute atomic E-state index is 0.212. The van der Waals surface area contributed by atoms with E-state index in [1.54, 1.807) is 0 Å². The first-order valence-electron chi connectivity index (χ1n) is 9.85. The summed E-state index contributed by atoms with van der Waals surface area (Å²) in [6.07, 6.45) is 1.45. The van der Waals surface area contributed by atoms with E-state index in [-0.39, 0.29) is 16.6 Å². The molecule has 2 N–H and O–H groups in total. The second-order valence-electron chi connectivity index (χ2n) is 8.51. The fraction of sp³-hybridized carbons (Fsp3) is 0.429. The maximum absolute atomic E-state index is 13.3. The van der Waals surface area contributed by atoms with Crippen LogP contribution >= 0.6 is 0 Å². The highest BCUT2D eigenvalue weighted by molar-refractivity contribution is 5.86. The third kappa shape index (κ3) is 3.44. The zero-order valence-corrected chi connectivity index (χ0v) is 16.9. The number of nitrogens with one attached hydrogen (secondary N) is 2. The van der Waals surface area contributed by atoms with Gasteiger partial charge in [0.1, 0.15) is 5.82 Å². The van der Waals surface area contributed by atoms with E-state index in [9.17, 15) is 14.4 Å². The molecule has 1 unspecified atom stereocenters. The van der Waals surface area contributed by atoms with Crippen molar-refractivity contribution in [1.29, 1.82) is 0 Å². The van der Waals surface area contributed by atoms with Gasteiger partial charge in [0.25, 0.3) is 11.5 Å². The fourth-order valence-electron chi connectivity index (χ4n) is 3.86. The van der Waals surface area contributed by atoms with E-state index < -0.39 is 23.2 Å². The molecule has 3 aromatic rings. The number of benzene rings is 1. The Kier molecular flexibility index (Phi) is 4.74. The normalized spacial score (nSPS) is 17.1. The second-order valence-corrected chi connectivity index (χ2v) is 8.51. The smallest absolute Gasteiger partial charge is 0.317 e. The number of carbonyl (C=O) groups is 1. The van der Waals surface area contributed by atoms with Gasteiger partial charge in [0.2, 0.25) is 0 Å². The predicted octanol–water partition coefficient (Wildman–Crippen LogP) is 1.62. The summed E-state index contributed by atoms with van der Waals surface area (Å²) in [4.78, 5) is 46.0. The van der Waals surface area contributed by atoms with Crippen LogP contribution in [0.1, 0.15) is 49.8 Å². The molecule has 29 heavy (non-hydrogen) atoms. The standard InChI is InChI=1S/C21H25N5O3/c1-21(2,3)19-23-16-15(25(19)12-13-8-5-4-6-9-13)18(28)26(20(29)24-16)17(27)14-10-7-11-22-14/h4-6,8-9,14,22H,7,10-12H2,1-3H3,(H,24,29). The number of rotatable bonds is 3. The van der Waals surface area contributed by atoms with Gasteiger partial charge in [-0.3, -0.25) is 14.6 Å². The van der Waals surface area contributed by atoms with Crippen LogP contribution in [0.5, 0.6) is 0 Å². The van der Waals surface area contributed by atoms with Crippen molar-refractivity contribution < 1.29 is 4.79 Å². The molecule has 0 amide bonds. The summed E-state index contributed by atoms with van der Waals surface area (Å²) >= 11 is 0. The van der Waals surface area contributed by atoms with Crippen LogP contribution in [0, 0.1) is 0 Å². The molecule has 1 aromatic carbocycles. The van der Waals surface area contributed by atoms with E-state index in [1.165, 1.54) is 0 Å². The van der Waals surface area contributed by atoms with E-state index in [2.05, 4.69) is 15.3 Å². The fourth-order valence-corrected chi connectivity index (χ4v) is 3.86. The Morgan fingerprint density at radius 2 is 1.93 bits per heavy atom. The number of hydrogen-bond donors (Lipinski definition) is 2. The van der Waals surface area contributed by atoms with E-state index >= 15 is 0 Å². The molecule has 0 bridgehead atoms. The highest BCUT2D eigenvalue weighted by Crippen LogP contribution is 2.25. The average molecular weight is 395 g/mol. The van der Waals surface area contributed by atoms with Crippen LogP contribution in [-0.2, 0) is 12.0 Å². The van der Waals surface area contributed by atoms with Gasteiger partial charge in [0, 0.05) is 12.0 Å². The third-order valence-electron chi connectivity index (χ3n) is 5.23. The van der Waals surface area contributed by atoms with Crippen molar-refractivity contribution in [1.82, 2.24) is 24.4 Å². The summed E-state index contributed by atoms with van der Waals surface area (Å²) in [6, 6.07) is 9.21. The van der Waals surface area contributed by atoms with Crippen molar-refractivity contribution in [2.45, 2.75) is 51.6 Å². The lowest BCUT2D eigenvalue weighted by atomic mass is 9.95. The highest BCUT2D eigenvalue weighted by atomic mass is 16.2. The molecule has 3 heterocycles. The topological polar surface area (TPSA) is 102 Å². The molecular formula is C21H25N5O3. The maximum atomic E-state index is 13.3. The van der Waals surface area contributed by atoms with Gasteiger partial charge in [-0.05, 0) is 24.9 Å². The molecular weight excluding hydrogens is 370 g/mol. The SMILES string of the molecule is CC(C)(C)c1nc2[nH]c(=O)n(C(=O)C3CCCN3)c(=O)c2n1Cc1ccccc1. The van der Waals surface area contributed by atoms with E-state index in [1.807, 2.05) is 55.7 Å². The van der Waals surface area contributed by atoms with Crippen LogP contribution < -0.4 is 16.6 Å². The van der Waals surface area contributed by atoms with Crippen molar-refractivity contribution in [2.24, 2.45) is 0 Å². The van der Waals surface area contributed by atoms with Crippen LogP contribution in [0.3, 0.4) is 0 Å². The Balaban J connectivity index is 1.95. The van der Waals surface area contributed by atoms with Crippen molar-refractivity contribution in [2.75, 3.05) is 6.54 Å². The monoisotopic (exact) mass is 395 g/mol. The van der Waals surface area contributed by atoms with E-state index in [0.717, 1.165) is 16.6 Å². The molecule has 0 spiro atoms. The van der Waals surface area contributed by atoms with Crippen molar-refractivity contribution in [3.63, 3.8) is 0 Å². The summed E-state index contributed by atoms with van der Waals surface area (Å²) in [6.45, 7) is 7.12. The Hall–Kier alpha value is -3.00. The van der Waals surface area contributed by atoms with Crippen LogP contribution in [-0.4, -0.2) is 37.6 Å². The Bertz CT molecular complexity index is 1180. The number of H-pyrrole nitrogens is 1. The lowest BCUT2D eigenvalue weighted by molar-refractivity contribution is 0.0860. The van der Waals surface area contributed by atoms with Gasteiger partial charge in [-0.1, -0.05) is 51.1 Å². The predicted molar refractivity (Wildman–Crippen MR) is 111 cm³/mol. The summed E-state index contributed by atoms with van der Waals surface area (Å²) in [5, 5.41) is 3.06. The molecule has 1 fully saturated rings. The molecule has 2 aromatic heterocycles. The van der Waals surface area contributed by atoms with Gasteiger partial charge in [0.05, 0.1) is 6.04 Å². The van der Waals surface area contributed by atoms with Gasteiger partial charge in [-0.15, -0.1) is 0 Å². The first-order chi connectivity index (χ1) is 13.8. The lowest BCUT2D eigenvalue weighted by Gasteiger charge is -2.20. The number of carbonyl (C=O) groups excluding carboxylic acids is 1. The molecule has 0 radical (unpaired) electrons. The minimum atomic E-state index is -0.744. The number of aromatic nitrogens is 4. The summed E-state index contributed by atoms with van der Waals surface area (Å²) in [5.74, 6) is 0.161. The summed E-state index contributed by atoms with van der Waals surface area (Å²) in [7, 11) is 0. The lowest BCUT2D eigenvalue weighted by Crippen LogP contribution is -2.47. The average Bonchev–Trinajstić information content (AvgIpc) is 3.30. The molecule has 4 rings (SSSR count). The highest BCUT2D eigenvalue weighted by Gasteiger charge is 2.30. The molecule has 8 nitrogen and oxygen atoms in total. The van der Waals surface area contributed by atoms with Crippen molar-refractivity contribution in [3.05, 3.63) is 62.6 Å². The quantitative estimate of drug-likeness (QED) is 0.702. The van der Waals surface area contributed by atoms with E-state index in [4.69, 9.17) is 0 Å². The number of hydrogen-bond acceptors (Lipinski definition) is 5. The molecule has 0 saturated carbocycles. The van der Waals surface area contributed by atoms with Crippen LogP contribution in [0.4, 0.5) is 0 Å². The van der Waals surface area contributed by atoms with Gasteiger partial charge in [0.15, 0.2) is 11.2 Å². The number of imidazole rings is 1. The zero-order chi connectivity index (χ0) is 20.8. The van der Waals surface area contributed by atoms with Gasteiger partial charge < -0.3 is 9.88 Å². The Morgan fingerprint density at radius 1 is 1.21 bits per heavy atom. The second kappa shape index (κ2) is 7.11. The van der Waals surface area contributed by atoms with Crippen LogP contribution in [0.25, 0.3) is 11.2 Å². The first kappa shape index (κ1) is 19.3. The first-order valence-corrected chi connectivity index (χ1v) is 9.85. The van der Waals surface area contributed by atoms with Crippen molar-refractivity contribution in [3.8, 4) is 0 Å². The zero-order valence-electron chi connectivity index (χ0n) is 16.9. The van der Waals surface area contributed by atoms with Gasteiger partial charge >= 0.3 is 5.69 Å². The number of nitrogens with zero attached hydrogens (tertiary/aromatic N) is 3. The van der Waals surface area contributed by atoms with Gasteiger partial charge in [-0.2, -0.15) is 4.57 Å². The maximum Gasteiger partial charge on any atom is 0.337 e. The largest absolute Gasteiger partial charge is 0.337 e. The summed E-state index contributed by atoms with van der Waals surface area (Å²) in [5.41, 5.74) is -0.279. The molecule has 8 heteroatoms. The van der Waals surface area contributed by atoms with Crippen LogP contribution in [0.2, 0.25) is 0 Å². The van der Waals surface area contributed by atoms with E-state index in [0.29, 0.717) is 25.3 Å². The molecule has 1 saturated heterocycles. The molecule has 0 aliphatic carbocycles. The molecule has 152 valence electrons. The summed E-state index contributed by atoms with van der Waals surface area (Å²) < 4.78 is 2.54. The molecule has 1 aliphatic rings. The van der Waals surface area contributed by atoms with Crippen LogP contribution in [0.15, 0.2) is 39.9 Å².